The standard InChI is InChI=1S/C90H118N22O21S6.H2O/c1-50(2)76-88(126)102-68(31-75(115)116)81(119)98-40-74(114)99-66(29-59-38-96-63-14-8-6-12-61(59)63)83(121)107-77(51(3)4)90(128)112-19-11-17-72(112)87(125)103-69(79(92)117)47-135-21-24-138(130,131)110-43-55-26-53(32-93-34-55)41-109-42-54-27-56(35-94-33-54)44-111(46-58-28-57(45-110)36-95-37-58)139(132,133)25-22-136-49-71(104-80(118)52(5)91)86(124)108-78-73(113)18-10-16-65(100-89(78)127)82(120)105-70(48-134-20-23-137(109)129)85(123)101-67(84(122)106-76)30-60-39-97-64-15-9-7-13-62(60)64;/h6-9,12-15,26-28,32-39,50-52,65-73,76-78,96-97,113H,10-11,16-25,29-31,40-49,91H2,1-5H3,(H2,92,117)(H,98,119)(H,99,114)(H,100,127)(H,101,123)(H,102,126)(H,103,125)(H,104,118)(H,105,120)(H,106,122)(H,107,121)(H,108,124)(H,115,116);1H2/t52-,65-,66-,67-,68-,69-,70-,71-,72-,73+,76-,77-,78-,137?;/m0./s1. The van der Waals surface area contributed by atoms with Gasteiger partial charge in [-0.25, -0.2) is 25.3 Å². The molecule has 0 radical (unpaired) electrons. The molecule has 10 heterocycles. The molecular formula is C90H120N22O22S6. The van der Waals surface area contributed by atoms with Crippen molar-refractivity contribution in [3.63, 3.8) is 0 Å². The van der Waals surface area contributed by atoms with E-state index in [0.29, 0.717) is 72.7 Å². The van der Waals surface area contributed by atoms with E-state index in [1.54, 1.807) is 97.3 Å². The highest BCUT2D eigenvalue weighted by Crippen LogP contribution is 2.29. The molecule has 2 saturated heterocycles. The zero-order valence-electron chi connectivity index (χ0n) is 77.7. The first-order valence-electron chi connectivity index (χ1n) is 45.5. The molecule has 21 N–H and O–H groups in total. The Labute approximate surface area is 823 Å². The topological polar surface area (TPSA) is 664 Å². The average molecular weight is 2050 g/mol. The first-order chi connectivity index (χ1) is 66.2. The Morgan fingerprint density at radius 3 is 1.56 bits per heavy atom. The van der Waals surface area contributed by atoms with E-state index < -0.39 is 229 Å². The summed E-state index contributed by atoms with van der Waals surface area (Å²) in [6, 6.07) is 0.409. The van der Waals surface area contributed by atoms with E-state index in [1.165, 1.54) is 67.2 Å². The van der Waals surface area contributed by atoms with Crippen LogP contribution in [-0.2, 0) is 150 Å². The van der Waals surface area contributed by atoms with E-state index in [-0.39, 0.29) is 130 Å². The van der Waals surface area contributed by atoms with Crippen molar-refractivity contribution in [1.82, 2.24) is 101 Å². The van der Waals surface area contributed by atoms with Crippen LogP contribution in [0.15, 0.2) is 116 Å². The molecule has 50 heteroatoms. The largest absolute Gasteiger partial charge is 0.481 e. The second-order valence-corrected chi connectivity index (χ2v) is 44.8. The third-order valence-electron chi connectivity index (χ3n) is 24.2. The molecule has 5 aliphatic heterocycles. The lowest BCUT2D eigenvalue weighted by molar-refractivity contribution is -0.143. The van der Waals surface area contributed by atoms with Crippen molar-refractivity contribution in [1.29, 1.82) is 0 Å². The minimum atomic E-state index is -4.44. The number of sulfonamides is 2. The third-order valence-corrected chi connectivity index (χ3v) is 33.1. The van der Waals surface area contributed by atoms with Gasteiger partial charge in [0, 0.05) is 170 Å². The summed E-state index contributed by atoms with van der Waals surface area (Å²) in [5.74, 6) is -18.7. The molecule has 13 amide bonds. The molecule has 12 rings (SSSR count). The van der Waals surface area contributed by atoms with Crippen molar-refractivity contribution in [2.75, 3.05) is 64.9 Å². The van der Waals surface area contributed by atoms with Crippen molar-refractivity contribution in [2.24, 2.45) is 23.3 Å². The van der Waals surface area contributed by atoms with Crippen LogP contribution in [-0.4, -0.2) is 306 Å². The van der Waals surface area contributed by atoms with Crippen molar-refractivity contribution in [3.8, 4) is 0 Å². The summed E-state index contributed by atoms with van der Waals surface area (Å²) in [6.45, 7) is 5.02. The van der Waals surface area contributed by atoms with Crippen LogP contribution in [0.3, 0.4) is 0 Å². The summed E-state index contributed by atoms with van der Waals surface area (Å²) >= 11 is 2.91. The molecule has 0 saturated carbocycles. The summed E-state index contributed by atoms with van der Waals surface area (Å²) in [7, 11) is -10.9. The lowest BCUT2D eigenvalue weighted by atomic mass is 9.97. The zero-order valence-corrected chi connectivity index (χ0v) is 82.6. The van der Waals surface area contributed by atoms with Crippen LogP contribution in [0.1, 0.15) is 118 Å². The summed E-state index contributed by atoms with van der Waals surface area (Å²) in [5.41, 5.74) is 16.4. The van der Waals surface area contributed by atoms with Gasteiger partial charge in [0.1, 0.15) is 66.5 Å². The van der Waals surface area contributed by atoms with E-state index in [1.807, 2.05) is 0 Å². The van der Waals surface area contributed by atoms with E-state index >= 15 is 40.2 Å². The maximum atomic E-state index is 15.7. The number of carboxylic acids is 1. The molecule has 5 aromatic heterocycles. The summed E-state index contributed by atoms with van der Waals surface area (Å²) in [6.07, 6.45) is 8.70. The number of fused-ring (bicyclic) bond motifs is 15. The van der Waals surface area contributed by atoms with Gasteiger partial charge in [-0.05, 0) is 108 Å². The Morgan fingerprint density at radius 2 is 1.03 bits per heavy atom. The number of hydrogen-bond donors (Lipinski definition) is 17. The van der Waals surface area contributed by atoms with Crippen molar-refractivity contribution in [3.05, 3.63) is 161 Å². The Hall–Kier alpha value is -11.6. The van der Waals surface area contributed by atoms with E-state index in [4.69, 9.17) is 11.5 Å². The smallest absolute Gasteiger partial charge is 0.305 e. The molecule has 12 bridgehead atoms. The number of carbonyl (C=O) groups excluding carboxylic acids is 13. The van der Waals surface area contributed by atoms with E-state index in [0.717, 1.165) is 39.6 Å². The van der Waals surface area contributed by atoms with E-state index in [9.17, 15) is 58.2 Å². The van der Waals surface area contributed by atoms with Gasteiger partial charge in [-0.3, -0.25) is 82.1 Å². The third kappa shape index (κ3) is 29.8. The number of pyridine rings is 3. The summed E-state index contributed by atoms with van der Waals surface area (Å²) < 4.78 is 80.1. The number of hydrogen-bond acceptors (Lipinski definition) is 27. The van der Waals surface area contributed by atoms with Gasteiger partial charge in [0.15, 0.2) is 0 Å². The van der Waals surface area contributed by atoms with Crippen LogP contribution < -0.4 is 70.0 Å². The number of carbonyl (C=O) groups is 14. The summed E-state index contributed by atoms with van der Waals surface area (Å²) in [4.78, 5) is 224. The molecule has 758 valence electrons. The number of thioether (sulfide) groups is 3. The molecule has 0 aliphatic carbocycles. The molecule has 44 nitrogen and oxygen atoms in total. The number of carboxylic acid groups (broad SMARTS) is 1. The molecule has 4 unspecified atom stereocenters. The lowest BCUT2D eigenvalue weighted by Crippen LogP contribution is -2.63. The first kappa shape index (κ1) is 109. The van der Waals surface area contributed by atoms with Gasteiger partial charge in [-0.1, -0.05) is 82.3 Å². The predicted molar refractivity (Wildman–Crippen MR) is 522 cm³/mol. The van der Waals surface area contributed by atoms with Gasteiger partial charge in [0.2, 0.25) is 96.8 Å². The fraction of sp³-hybridized carbons (Fsp3) is 0.500. The number of amides is 13. The number of nitrogens with zero attached hydrogens (tertiary/aromatic N) is 7. The van der Waals surface area contributed by atoms with Gasteiger partial charge in [0.25, 0.3) is 0 Å². The fourth-order valence-electron chi connectivity index (χ4n) is 16.7. The highest BCUT2D eigenvalue weighted by atomic mass is 32.2. The highest BCUT2D eigenvalue weighted by Gasteiger charge is 2.44. The first-order valence-corrected chi connectivity index (χ1v) is 53.5. The second-order valence-electron chi connectivity index (χ2n) is 35.6. The van der Waals surface area contributed by atoms with Gasteiger partial charge in [-0.2, -0.15) is 43.9 Å². The number of aliphatic carboxylic acids is 1. The van der Waals surface area contributed by atoms with Crippen LogP contribution in [0.4, 0.5) is 0 Å². The number of aromatic amines is 2. The number of aromatic nitrogens is 5. The predicted octanol–water partition coefficient (Wildman–Crippen LogP) is -2.52. The highest BCUT2D eigenvalue weighted by molar-refractivity contribution is 8.01. The normalized spacial score (nSPS) is 27.1. The Kier molecular flexibility index (Phi) is 39.0. The molecular weight excluding hydrogens is 1930 g/mol. The lowest BCUT2D eigenvalue weighted by Gasteiger charge is -2.32. The number of nitrogens with two attached hydrogens (primary N) is 2. The van der Waals surface area contributed by atoms with Crippen LogP contribution >= 0.6 is 35.3 Å². The zero-order chi connectivity index (χ0) is 100. The number of para-hydroxylation sites is 2. The molecule has 2 aromatic carbocycles. The monoisotopic (exact) mass is 2050 g/mol. The van der Waals surface area contributed by atoms with Gasteiger partial charge < -0.3 is 101 Å². The minimum Gasteiger partial charge on any atom is -0.481 e. The maximum absolute atomic E-state index is 15.7. The van der Waals surface area contributed by atoms with Crippen molar-refractivity contribution in [2.45, 2.75) is 204 Å². The number of primary amides is 1. The van der Waals surface area contributed by atoms with Crippen molar-refractivity contribution < 1.29 is 104 Å². The summed E-state index contributed by atoms with van der Waals surface area (Å²) in [5, 5.41) is 51.8. The SMILES string of the molecule is CC(C)[C@@H]1NC(=O)[C@H](Cc2c[nH]c3ccccc23)NC(=O)[C@@H]2CSCCS(=O)N3Cc4cncc(c4)CN(Cc4cncc(c4)CN(Cc4cncc(c4)C3)S(=O)(=O)CCSC[C@H](NC(=O)[C@H](C)N)C(=O)N[C@@H]3C(=O)N[C@@H](CCC[C@H]3O)C(=O)N2)S(=O)(=O)CCSC[C@@H](C(N)=O)NC(=O)[C@@H]2CCCN2C(=O)[C@H](C(C)C)NC(=O)[C@H](Cc2c[nH]c3ccccc23)NC(=O)CNC(=O)[C@H](CC(=O)O)NC1=O.O. The Balaban J connectivity index is 0.0000187. The van der Waals surface area contributed by atoms with Gasteiger partial charge in [-0.15, -0.1) is 0 Å². The molecule has 140 heavy (non-hydrogen) atoms. The van der Waals surface area contributed by atoms with Crippen LogP contribution in [0, 0.1) is 11.8 Å². The maximum Gasteiger partial charge on any atom is 0.305 e. The van der Waals surface area contributed by atoms with E-state index in [2.05, 4.69) is 83.4 Å². The Morgan fingerprint density at radius 1 is 0.536 bits per heavy atom. The number of rotatable bonds is 11. The molecule has 5 aliphatic rings. The molecule has 17 atom stereocenters. The van der Waals surface area contributed by atoms with Crippen LogP contribution in [0.2, 0.25) is 0 Å². The number of H-pyrrole nitrogens is 2. The number of benzene rings is 2. The number of aliphatic hydroxyl groups excluding tert-OH is 1. The molecule has 0 spiro atoms. The number of nitrogens with one attached hydrogen (secondary N) is 13. The van der Waals surface area contributed by atoms with Gasteiger partial charge >= 0.3 is 5.97 Å². The van der Waals surface area contributed by atoms with Crippen LogP contribution in [0.5, 0.6) is 0 Å². The average Bonchev–Trinajstić information content (AvgIpc) is 1.73. The van der Waals surface area contributed by atoms with Crippen molar-refractivity contribution >= 4 is 171 Å². The second kappa shape index (κ2) is 50.2. The fourth-order valence-corrected chi connectivity index (χ4v) is 25.0. The Bertz CT molecular complexity index is 5950. The quantitative estimate of drug-likeness (QED) is 0.0636. The number of aliphatic hydroxyl groups is 1. The minimum absolute atomic E-state index is 0. The molecule has 2 fully saturated rings. The molecule has 7 aromatic rings. The van der Waals surface area contributed by atoms with Crippen LogP contribution in [0.25, 0.3) is 21.8 Å². The van der Waals surface area contributed by atoms with Gasteiger partial charge in [0.05, 0.1) is 47.6 Å².